The van der Waals surface area contributed by atoms with Gasteiger partial charge in [-0.2, -0.15) is 0 Å². The lowest BCUT2D eigenvalue weighted by atomic mass is 10.2. The third-order valence-electron chi connectivity index (χ3n) is 3.44. The smallest absolute Gasteiger partial charge is 0.184 e. The minimum Gasteiger partial charge on any atom is -0.346 e. The maximum Gasteiger partial charge on any atom is 0.184 e. The zero-order chi connectivity index (χ0) is 13.9. The predicted octanol–water partition coefficient (Wildman–Crippen LogP) is 3.20. The summed E-state index contributed by atoms with van der Waals surface area (Å²) in [6.07, 6.45) is 1.62. The van der Waals surface area contributed by atoms with Gasteiger partial charge < -0.3 is 14.4 Å². The highest BCUT2D eigenvalue weighted by molar-refractivity contribution is 5.62. The molecular weight excluding hydrogens is 252 g/mol. The fraction of sp³-hybridized carbons (Fsp3) is 0.312. The van der Waals surface area contributed by atoms with Crippen molar-refractivity contribution in [1.82, 2.24) is 4.98 Å². The van der Waals surface area contributed by atoms with Gasteiger partial charge in [-0.15, -0.1) is 0 Å². The Kier molecular flexibility index (Phi) is 3.67. The van der Waals surface area contributed by atoms with E-state index in [-0.39, 0.29) is 6.29 Å². The molecule has 0 spiro atoms. The maximum atomic E-state index is 5.50. The summed E-state index contributed by atoms with van der Waals surface area (Å²) in [5.74, 6) is 0. The molecule has 0 bridgehead atoms. The standard InChI is InChI=1S/C16H18N2O2/c1-12-11-15(7-8-17-12)18(2)14-5-3-13(4-6-14)16-19-9-10-20-16/h3-8,11,16H,9-10H2,1-2H3. The molecule has 0 saturated carbocycles. The van der Waals surface area contributed by atoms with Crippen LogP contribution < -0.4 is 4.90 Å². The van der Waals surface area contributed by atoms with Crippen LogP contribution in [0.1, 0.15) is 17.5 Å². The molecule has 20 heavy (non-hydrogen) atoms. The third-order valence-corrected chi connectivity index (χ3v) is 3.44. The zero-order valence-corrected chi connectivity index (χ0v) is 11.7. The molecule has 1 aromatic carbocycles. The second-order valence-electron chi connectivity index (χ2n) is 4.88. The summed E-state index contributed by atoms with van der Waals surface area (Å²) < 4.78 is 11.0. The summed E-state index contributed by atoms with van der Waals surface area (Å²) >= 11 is 0. The van der Waals surface area contributed by atoms with Crippen LogP contribution in [-0.4, -0.2) is 25.2 Å². The van der Waals surface area contributed by atoms with Gasteiger partial charge in [0.1, 0.15) is 0 Å². The van der Waals surface area contributed by atoms with E-state index in [9.17, 15) is 0 Å². The van der Waals surface area contributed by atoms with Crippen molar-refractivity contribution in [3.8, 4) is 0 Å². The molecule has 0 aliphatic carbocycles. The summed E-state index contributed by atoms with van der Waals surface area (Å²) in [6.45, 7) is 3.33. The van der Waals surface area contributed by atoms with E-state index in [1.54, 1.807) is 0 Å². The van der Waals surface area contributed by atoms with Crippen LogP contribution in [0.5, 0.6) is 0 Å². The molecule has 3 rings (SSSR count). The molecule has 4 heteroatoms. The first-order valence-electron chi connectivity index (χ1n) is 6.73. The quantitative estimate of drug-likeness (QED) is 0.857. The Morgan fingerprint density at radius 2 is 1.75 bits per heavy atom. The minimum absolute atomic E-state index is 0.211. The van der Waals surface area contributed by atoms with E-state index in [1.807, 2.05) is 26.2 Å². The molecule has 1 aliphatic rings. The van der Waals surface area contributed by atoms with Crippen LogP contribution in [0.4, 0.5) is 11.4 Å². The van der Waals surface area contributed by atoms with Crippen LogP contribution in [0.3, 0.4) is 0 Å². The summed E-state index contributed by atoms with van der Waals surface area (Å²) in [5.41, 5.74) is 4.32. The maximum absolute atomic E-state index is 5.50. The number of benzene rings is 1. The highest BCUT2D eigenvalue weighted by Crippen LogP contribution is 2.28. The fourth-order valence-electron chi connectivity index (χ4n) is 2.29. The van der Waals surface area contributed by atoms with Gasteiger partial charge in [0.05, 0.1) is 13.2 Å². The summed E-state index contributed by atoms with van der Waals surface area (Å²) in [6, 6.07) is 12.3. The van der Waals surface area contributed by atoms with Crippen molar-refractivity contribution >= 4 is 11.4 Å². The first kappa shape index (κ1) is 13.1. The Morgan fingerprint density at radius 3 is 2.40 bits per heavy atom. The predicted molar refractivity (Wildman–Crippen MR) is 78.1 cm³/mol. The fourth-order valence-corrected chi connectivity index (χ4v) is 2.29. The number of ether oxygens (including phenoxy) is 2. The number of hydrogen-bond donors (Lipinski definition) is 0. The molecule has 1 fully saturated rings. The molecule has 0 unspecified atom stereocenters. The lowest BCUT2D eigenvalue weighted by Crippen LogP contribution is -2.10. The van der Waals surface area contributed by atoms with Crippen molar-refractivity contribution in [3.05, 3.63) is 53.9 Å². The van der Waals surface area contributed by atoms with Gasteiger partial charge in [0.25, 0.3) is 0 Å². The Bertz CT molecular complexity index is 577. The minimum atomic E-state index is -0.211. The monoisotopic (exact) mass is 270 g/mol. The van der Waals surface area contributed by atoms with Crippen LogP contribution in [0.2, 0.25) is 0 Å². The summed E-state index contributed by atoms with van der Waals surface area (Å²) in [7, 11) is 2.05. The van der Waals surface area contributed by atoms with Crippen molar-refractivity contribution in [3.63, 3.8) is 0 Å². The molecule has 1 aliphatic heterocycles. The molecule has 104 valence electrons. The average molecular weight is 270 g/mol. The lowest BCUT2D eigenvalue weighted by Gasteiger charge is -2.20. The first-order valence-corrected chi connectivity index (χ1v) is 6.73. The zero-order valence-electron chi connectivity index (χ0n) is 11.7. The van der Waals surface area contributed by atoms with E-state index in [2.05, 4.69) is 40.2 Å². The Labute approximate surface area is 119 Å². The van der Waals surface area contributed by atoms with E-state index in [0.29, 0.717) is 13.2 Å². The molecule has 0 amide bonds. The lowest BCUT2D eigenvalue weighted by molar-refractivity contribution is -0.0441. The number of pyridine rings is 1. The van der Waals surface area contributed by atoms with Crippen molar-refractivity contribution < 1.29 is 9.47 Å². The molecule has 2 heterocycles. The number of rotatable bonds is 3. The third kappa shape index (κ3) is 2.66. The van der Waals surface area contributed by atoms with Crippen LogP contribution in [0.25, 0.3) is 0 Å². The molecule has 1 aromatic heterocycles. The van der Waals surface area contributed by atoms with Gasteiger partial charge in [0.15, 0.2) is 6.29 Å². The van der Waals surface area contributed by atoms with Gasteiger partial charge in [0.2, 0.25) is 0 Å². The second kappa shape index (κ2) is 5.61. The second-order valence-corrected chi connectivity index (χ2v) is 4.88. The Balaban J connectivity index is 1.80. The van der Waals surface area contributed by atoms with E-state index < -0.39 is 0 Å². The number of aromatic nitrogens is 1. The van der Waals surface area contributed by atoms with Gasteiger partial charge >= 0.3 is 0 Å². The van der Waals surface area contributed by atoms with Gasteiger partial charge in [-0.25, -0.2) is 0 Å². The van der Waals surface area contributed by atoms with Crippen LogP contribution >= 0.6 is 0 Å². The molecule has 0 radical (unpaired) electrons. The number of nitrogens with zero attached hydrogens (tertiary/aromatic N) is 2. The van der Waals surface area contributed by atoms with Gasteiger partial charge in [-0.3, -0.25) is 4.98 Å². The topological polar surface area (TPSA) is 34.6 Å². The molecule has 0 N–H and O–H groups in total. The molecule has 1 saturated heterocycles. The van der Waals surface area contributed by atoms with E-state index in [1.165, 1.54) is 0 Å². The highest BCUT2D eigenvalue weighted by Gasteiger charge is 2.18. The van der Waals surface area contributed by atoms with Gasteiger partial charge in [0, 0.05) is 35.9 Å². The van der Waals surface area contributed by atoms with Crippen molar-refractivity contribution in [1.29, 1.82) is 0 Å². The Hall–Kier alpha value is -1.91. The van der Waals surface area contributed by atoms with Gasteiger partial charge in [-0.05, 0) is 31.2 Å². The molecule has 4 nitrogen and oxygen atoms in total. The molecule has 2 aromatic rings. The van der Waals surface area contributed by atoms with E-state index in [0.717, 1.165) is 22.6 Å². The Morgan fingerprint density at radius 1 is 1.05 bits per heavy atom. The highest BCUT2D eigenvalue weighted by atomic mass is 16.7. The normalized spacial score (nSPS) is 15.5. The summed E-state index contributed by atoms with van der Waals surface area (Å²) in [4.78, 5) is 6.36. The van der Waals surface area contributed by atoms with Crippen molar-refractivity contribution in [2.75, 3.05) is 25.2 Å². The SMILES string of the molecule is Cc1cc(N(C)c2ccc(C3OCCO3)cc2)ccn1. The van der Waals surface area contributed by atoms with Crippen LogP contribution in [0.15, 0.2) is 42.6 Å². The first-order chi connectivity index (χ1) is 9.74. The molecule has 0 atom stereocenters. The molecular formula is C16H18N2O2. The number of aryl methyl sites for hydroxylation is 1. The number of anilines is 2. The van der Waals surface area contributed by atoms with Crippen LogP contribution in [-0.2, 0) is 9.47 Å². The largest absolute Gasteiger partial charge is 0.346 e. The van der Waals surface area contributed by atoms with E-state index in [4.69, 9.17) is 9.47 Å². The van der Waals surface area contributed by atoms with E-state index >= 15 is 0 Å². The van der Waals surface area contributed by atoms with Gasteiger partial charge in [-0.1, -0.05) is 12.1 Å². The summed E-state index contributed by atoms with van der Waals surface area (Å²) in [5, 5.41) is 0. The van der Waals surface area contributed by atoms with Crippen LogP contribution in [0, 0.1) is 6.92 Å². The average Bonchev–Trinajstić information content (AvgIpc) is 3.01. The van der Waals surface area contributed by atoms with Crippen molar-refractivity contribution in [2.45, 2.75) is 13.2 Å². The number of hydrogen-bond acceptors (Lipinski definition) is 4. The van der Waals surface area contributed by atoms with Crippen molar-refractivity contribution in [2.24, 2.45) is 0 Å².